The molecule has 3 aromatic rings. The van der Waals surface area contributed by atoms with Gasteiger partial charge < -0.3 is 9.47 Å². The number of hydrogen-bond acceptors (Lipinski definition) is 5. The molecule has 6 heteroatoms. The first-order valence-corrected chi connectivity index (χ1v) is 9.55. The number of hydrogen-bond donors (Lipinski definition) is 1. The summed E-state index contributed by atoms with van der Waals surface area (Å²) in [6.45, 7) is 4.53. The van der Waals surface area contributed by atoms with Crippen molar-refractivity contribution in [2.24, 2.45) is 0 Å². The first-order chi connectivity index (χ1) is 13.0. The highest BCUT2D eigenvalue weighted by molar-refractivity contribution is 7.14. The zero-order valence-corrected chi connectivity index (χ0v) is 16.4. The molecular formula is C21H22N2O3S. The van der Waals surface area contributed by atoms with Crippen LogP contribution >= 0.6 is 11.3 Å². The van der Waals surface area contributed by atoms with Crippen molar-refractivity contribution < 1.29 is 14.3 Å². The third-order valence-electron chi connectivity index (χ3n) is 3.91. The lowest BCUT2D eigenvalue weighted by atomic mass is 10.1. The molecule has 5 nitrogen and oxygen atoms in total. The van der Waals surface area contributed by atoms with E-state index < -0.39 is 0 Å². The predicted molar refractivity (Wildman–Crippen MR) is 108 cm³/mol. The predicted octanol–water partition coefficient (Wildman–Crippen LogP) is 5.00. The number of aromatic nitrogens is 1. The van der Waals surface area contributed by atoms with Crippen LogP contribution in [0.3, 0.4) is 0 Å². The van der Waals surface area contributed by atoms with Crippen LogP contribution in [0.5, 0.6) is 5.75 Å². The molecule has 0 radical (unpaired) electrons. The first-order valence-electron chi connectivity index (χ1n) is 8.67. The molecule has 0 aliphatic rings. The van der Waals surface area contributed by atoms with Gasteiger partial charge in [0.25, 0.3) is 5.91 Å². The van der Waals surface area contributed by atoms with Gasteiger partial charge in [-0.25, -0.2) is 4.98 Å². The Kier molecular flexibility index (Phi) is 6.21. The van der Waals surface area contributed by atoms with E-state index in [9.17, 15) is 4.79 Å². The molecule has 0 spiro atoms. The van der Waals surface area contributed by atoms with E-state index in [0.717, 1.165) is 22.6 Å². The average Bonchev–Trinajstić information content (AvgIpc) is 3.15. The second-order valence-corrected chi connectivity index (χ2v) is 7.14. The number of nitrogens with one attached hydrogen (secondary N) is 1. The van der Waals surface area contributed by atoms with Crippen molar-refractivity contribution in [3.63, 3.8) is 0 Å². The number of methoxy groups -OCH3 is 1. The van der Waals surface area contributed by atoms with Crippen molar-refractivity contribution in [1.29, 1.82) is 0 Å². The summed E-state index contributed by atoms with van der Waals surface area (Å²) >= 11 is 1.40. The molecule has 2 aromatic carbocycles. The molecule has 27 heavy (non-hydrogen) atoms. The van der Waals surface area contributed by atoms with Gasteiger partial charge in [-0.05, 0) is 55.8 Å². The van der Waals surface area contributed by atoms with Gasteiger partial charge in [-0.3, -0.25) is 10.1 Å². The lowest BCUT2D eigenvalue weighted by Gasteiger charge is -2.08. The largest absolute Gasteiger partial charge is 0.497 e. The number of benzene rings is 2. The highest BCUT2D eigenvalue weighted by atomic mass is 32.1. The number of anilines is 1. The molecule has 1 aromatic heterocycles. The molecule has 0 unspecified atom stereocenters. The Bertz CT molecular complexity index is 887. The normalized spacial score (nSPS) is 10.8. The molecular weight excluding hydrogens is 360 g/mol. The van der Waals surface area contributed by atoms with Crippen LogP contribution in [0.1, 0.15) is 29.8 Å². The van der Waals surface area contributed by atoms with Crippen molar-refractivity contribution in [3.8, 4) is 17.0 Å². The van der Waals surface area contributed by atoms with Crippen molar-refractivity contribution in [2.45, 2.75) is 26.6 Å². The fourth-order valence-electron chi connectivity index (χ4n) is 2.41. The van der Waals surface area contributed by atoms with Crippen molar-refractivity contribution >= 4 is 22.4 Å². The summed E-state index contributed by atoms with van der Waals surface area (Å²) in [6.07, 6.45) is 0.178. The zero-order chi connectivity index (χ0) is 19.2. The molecule has 0 atom stereocenters. The molecule has 0 aliphatic carbocycles. The van der Waals surface area contributed by atoms with Gasteiger partial charge in [0.05, 0.1) is 25.5 Å². The van der Waals surface area contributed by atoms with Crippen LogP contribution in [0.4, 0.5) is 5.13 Å². The molecule has 3 rings (SSSR count). The van der Waals surface area contributed by atoms with E-state index in [-0.39, 0.29) is 12.0 Å². The van der Waals surface area contributed by atoms with Gasteiger partial charge in [0.1, 0.15) is 5.75 Å². The lowest BCUT2D eigenvalue weighted by Crippen LogP contribution is -2.11. The second kappa shape index (κ2) is 8.79. The standard InChI is InChI=1S/C21H22N2O3S/c1-14(2)26-12-15-4-6-17(7-5-15)20(24)23-21-22-19(13-27-21)16-8-10-18(25-3)11-9-16/h4-11,13-14H,12H2,1-3H3,(H,22,23,24). The number of ether oxygens (including phenoxy) is 2. The summed E-state index contributed by atoms with van der Waals surface area (Å²) in [5.41, 5.74) is 3.42. The SMILES string of the molecule is COc1ccc(-c2csc(NC(=O)c3ccc(COC(C)C)cc3)n2)cc1. The Labute approximate surface area is 163 Å². The smallest absolute Gasteiger partial charge is 0.257 e. The minimum Gasteiger partial charge on any atom is -0.497 e. The number of carbonyl (C=O) groups excluding carboxylic acids is 1. The first kappa shape index (κ1) is 19.1. The number of thiazole rings is 1. The average molecular weight is 382 g/mol. The van der Waals surface area contributed by atoms with E-state index >= 15 is 0 Å². The Morgan fingerprint density at radius 3 is 2.44 bits per heavy atom. The highest BCUT2D eigenvalue weighted by Crippen LogP contribution is 2.26. The van der Waals surface area contributed by atoms with E-state index in [0.29, 0.717) is 17.3 Å². The molecule has 0 aliphatic heterocycles. The Morgan fingerprint density at radius 2 is 1.81 bits per heavy atom. The molecule has 140 valence electrons. The number of nitrogens with zero attached hydrogens (tertiary/aromatic N) is 1. The monoisotopic (exact) mass is 382 g/mol. The Morgan fingerprint density at radius 1 is 1.11 bits per heavy atom. The molecule has 0 saturated carbocycles. The van der Waals surface area contributed by atoms with Crippen LogP contribution in [0.15, 0.2) is 53.9 Å². The fraction of sp³-hybridized carbons (Fsp3) is 0.238. The van der Waals surface area contributed by atoms with Crippen LogP contribution in [-0.4, -0.2) is 24.1 Å². The van der Waals surface area contributed by atoms with E-state index in [1.54, 1.807) is 19.2 Å². The minimum absolute atomic E-state index is 0.178. The van der Waals surface area contributed by atoms with Crippen LogP contribution in [-0.2, 0) is 11.3 Å². The van der Waals surface area contributed by atoms with Gasteiger partial charge in [-0.1, -0.05) is 12.1 Å². The maximum atomic E-state index is 12.4. The van der Waals surface area contributed by atoms with E-state index in [4.69, 9.17) is 9.47 Å². The van der Waals surface area contributed by atoms with Gasteiger partial charge in [-0.2, -0.15) is 0 Å². The summed E-state index contributed by atoms with van der Waals surface area (Å²) in [4.78, 5) is 16.9. The topological polar surface area (TPSA) is 60.5 Å². The van der Waals surface area contributed by atoms with Crippen molar-refractivity contribution in [3.05, 3.63) is 65.0 Å². The van der Waals surface area contributed by atoms with Crippen LogP contribution in [0.25, 0.3) is 11.3 Å². The van der Waals surface area contributed by atoms with Gasteiger partial charge >= 0.3 is 0 Å². The summed E-state index contributed by atoms with van der Waals surface area (Å²) in [6, 6.07) is 15.1. The van der Waals surface area contributed by atoms with Crippen LogP contribution in [0.2, 0.25) is 0 Å². The number of amides is 1. The van der Waals surface area contributed by atoms with Gasteiger partial charge in [0, 0.05) is 16.5 Å². The maximum absolute atomic E-state index is 12.4. The Hall–Kier alpha value is -2.70. The molecule has 0 fully saturated rings. The fourth-order valence-corrected chi connectivity index (χ4v) is 3.12. The molecule has 1 N–H and O–H groups in total. The molecule has 0 saturated heterocycles. The van der Waals surface area contributed by atoms with Crippen LogP contribution < -0.4 is 10.1 Å². The quantitative estimate of drug-likeness (QED) is 0.625. The molecule has 1 heterocycles. The molecule has 1 amide bonds. The summed E-state index contributed by atoms with van der Waals surface area (Å²) in [5, 5.41) is 5.34. The third-order valence-corrected chi connectivity index (χ3v) is 4.67. The summed E-state index contributed by atoms with van der Waals surface area (Å²) < 4.78 is 10.7. The maximum Gasteiger partial charge on any atom is 0.257 e. The zero-order valence-electron chi connectivity index (χ0n) is 15.6. The van der Waals surface area contributed by atoms with E-state index in [1.165, 1.54) is 11.3 Å². The second-order valence-electron chi connectivity index (χ2n) is 6.28. The van der Waals surface area contributed by atoms with Crippen LogP contribution in [0, 0.1) is 0 Å². The van der Waals surface area contributed by atoms with Crippen molar-refractivity contribution in [1.82, 2.24) is 4.98 Å². The van der Waals surface area contributed by atoms with Gasteiger partial charge in [-0.15, -0.1) is 11.3 Å². The van der Waals surface area contributed by atoms with Gasteiger partial charge in [0.15, 0.2) is 5.13 Å². The Balaban J connectivity index is 1.63. The van der Waals surface area contributed by atoms with Gasteiger partial charge in [0.2, 0.25) is 0 Å². The third kappa shape index (κ3) is 5.15. The number of rotatable bonds is 7. The number of carbonyl (C=O) groups is 1. The van der Waals surface area contributed by atoms with E-state index in [2.05, 4.69) is 10.3 Å². The summed E-state index contributed by atoms with van der Waals surface area (Å²) in [5.74, 6) is 0.617. The van der Waals surface area contributed by atoms with Crippen molar-refractivity contribution in [2.75, 3.05) is 12.4 Å². The highest BCUT2D eigenvalue weighted by Gasteiger charge is 2.10. The van der Waals surface area contributed by atoms with E-state index in [1.807, 2.05) is 55.6 Å². The molecule has 0 bridgehead atoms. The summed E-state index contributed by atoms with van der Waals surface area (Å²) in [7, 11) is 1.63. The lowest BCUT2D eigenvalue weighted by molar-refractivity contribution is 0.0657. The minimum atomic E-state index is -0.179.